The molecule has 0 aliphatic carbocycles. The van der Waals surface area contributed by atoms with Gasteiger partial charge in [-0.3, -0.25) is 0 Å². The normalized spacial score (nSPS) is 10.9. The van der Waals surface area contributed by atoms with Crippen LogP contribution in [-0.2, 0) is 0 Å². The number of hydrogen-bond donors (Lipinski definition) is 0. The molecule has 0 radical (unpaired) electrons. The fraction of sp³-hybridized carbons (Fsp3) is 0.111. The van der Waals surface area contributed by atoms with Crippen molar-refractivity contribution in [3.8, 4) is 11.5 Å². The van der Waals surface area contributed by atoms with Crippen LogP contribution in [0.5, 0.6) is 11.5 Å². The first-order chi connectivity index (χ1) is 15.6. The number of rotatable bonds is 8. The summed E-state index contributed by atoms with van der Waals surface area (Å²) in [7, 11) is -1.89. The van der Waals surface area contributed by atoms with Crippen LogP contribution in [0.15, 0.2) is 103 Å². The lowest BCUT2D eigenvalue weighted by Gasteiger charge is -2.25. The Labute approximate surface area is 212 Å². The third-order valence-corrected chi connectivity index (χ3v) is 9.91. The van der Waals surface area contributed by atoms with Crippen LogP contribution in [0.3, 0.4) is 0 Å². The monoisotopic (exact) mass is 516 g/mol. The molecule has 170 valence electrons. The van der Waals surface area contributed by atoms with E-state index in [0.29, 0.717) is 29.0 Å². The van der Waals surface area contributed by atoms with Crippen molar-refractivity contribution >= 4 is 46.4 Å². The summed E-state index contributed by atoms with van der Waals surface area (Å²) in [5.74, 6) is 1.47. The van der Waals surface area contributed by atoms with E-state index in [1.165, 1.54) is 15.9 Å². The smallest absolute Gasteiger partial charge is 0.162 e. The maximum atomic E-state index is 6.25. The second-order valence-electron chi connectivity index (χ2n) is 7.42. The minimum Gasteiger partial charge on any atom is -1.00 e. The van der Waals surface area contributed by atoms with E-state index >= 15 is 0 Å². The summed E-state index contributed by atoms with van der Waals surface area (Å²) in [6.07, 6.45) is 0. The van der Waals surface area contributed by atoms with Crippen molar-refractivity contribution in [3.05, 3.63) is 113 Å². The van der Waals surface area contributed by atoms with Crippen LogP contribution in [0.4, 0.5) is 0 Å². The first-order valence-electron chi connectivity index (χ1n) is 10.4. The van der Waals surface area contributed by atoms with Gasteiger partial charge in [-0.2, -0.15) is 0 Å². The number of halogens is 3. The first kappa shape index (κ1) is 25.4. The van der Waals surface area contributed by atoms with Gasteiger partial charge in [-0.15, -0.1) is 0 Å². The van der Waals surface area contributed by atoms with Crippen molar-refractivity contribution in [1.29, 1.82) is 0 Å². The molecule has 0 N–H and O–H groups in total. The molecular weight excluding hydrogens is 494 g/mol. The van der Waals surface area contributed by atoms with Gasteiger partial charge in [-0.05, 0) is 54.6 Å². The summed E-state index contributed by atoms with van der Waals surface area (Å²) in [6.45, 7) is 3.13. The molecule has 0 unspecified atom stereocenters. The van der Waals surface area contributed by atoms with Crippen molar-refractivity contribution in [2.45, 2.75) is 0 Å². The molecule has 0 atom stereocenters. The maximum absolute atomic E-state index is 6.25. The van der Waals surface area contributed by atoms with Gasteiger partial charge in [0.2, 0.25) is 0 Å². The van der Waals surface area contributed by atoms with Crippen LogP contribution in [-0.4, -0.2) is 19.9 Å². The van der Waals surface area contributed by atoms with Gasteiger partial charge in [-0.25, -0.2) is 0 Å². The minimum absolute atomic E-state index is 0. The lowest BCUT2D eigenvalue weighted by molar-refractivity contribution is -0.00000676. The highest BCUT2D eigenvalue weighted by Gasteiger charge is 2.42. The Morgan fingerprint density at radius 1 is 0.636 bits per heavy atom. The summed E-state index contributed by atoms with van der Waals surface area (Å²) < 4.78 is 12.0. The molecule has 4 aromatic rings. The first-order valence-corrected chi connectivity index (χ1v) is 13.4. The zero-order chi connectivity index (χ0) is 22.4. The number of benzene rings is 4. The molecule has 4 rings (SSSR count). The Balaban J connectivity index is 0.00000306. The molecule has 0 aliphatic rings. The van der Waals surface area contributed by atoms with Gasteiger partial charge in [0, 0.05) is 5.02 Å². The molecule has 2 nitrogen and oxygen atoms in total. The fourth-order valence-electron chi connectivity index (χ4n) is 3.72. The van der Waals surface area contributed by atoms with Crippen molar-refractivity contribution in [3.63, 3.8) is 0 Å². The average molecular weight is 518 g/mol. The maximum Gasteiger partial charge on any atom is 0.162 e. The molecule has 4 aromatic carbocycles. The van der Waals surface area contributed by atoms with Gasteiger partial charge in [0.05, 0.1) is 11.7 Å². The van der Waals surface area contributed by atoms with Gasteiger partial charge in [-0.1, -0.05) is 71.7 Å². The highest BCUT2D eigenvalue weighted by atomic mass is 35.5. The molecule has 0 heterocycles. The van der Waals surface area contributed by atoms with Crippen LogP contribution >= 0.6 is 30.5 Å². The molecule has 0 bridgehead atoms. The molecule has 6 heteroatoms. The van der Waals surface area contributed by atoms with Gasteiger partial charge in [0.1, 0.15) is 42.1 Å². The lowest BCUT2D eigenvalue weighted by atomic mass is 10.3. The molecule has 0 aromatic heterocycles. The molecule has 33 heavy (non-hydrogen) atoms. The second kappa shape index (κ2) is 11.8. The third-order valence-electron chi connectivity index (χ3n) is 5.38. The second-order valence-corrected chi connectivity index (χ2v) is 11.8. The van der Waals surface area contributed by atoms with Crippen LogP contribution in [0, 0.1) is 0 Å². The Hall–Kier alpha value is -2.22. The number of hydrogen-bond acceptors (Lipinski definition) is 2. The number of para-hydroxylation sites is 1. The molecule has 0 spiro atoms. The summed E-state index contributed by atoms with van der Waals surface area (Å²) in [5.41, 5.74) is 0. The summed E-state index contributed by atoms with van der Waals surface area (Å²) >= 11 is 12.2. The minimum atomic E-state index is -1.89. The Morgan fingerprint density at radius 3 is 1.73 bits per heavy atom. The molecule has 0 saturated carbocycles. The molecule has 0 amide bonds. The number of ether oxygens (including phenoxy) is 2. The van der Waals surface area contributed by atoms with Gasteiger partial charge >= 0.3 is 0 Å². The summed E-state index contributed by atoms with van der Waals surface area (Å²) in [4.78, 5) is 0. The molecule has 0 fully saturated rings. The van der Waals surface area contributed by atoms with Crippen molar-refractivity contribution in [2.75, 3.05) is 19.9 Å². The zero-order valence-corrected chi connectivity index (χ0v) is 21.3. The Morgan fingerprint density at radius 2 is 1.15 bits per heavy atom. The van der Waals surface area contributed by atoms with E-state index in [0.717, 1.165) is 5.75 Å². The average Bonchev–Trinajstić information content (AvgIpc) is 2.84. The van der Waals surface area contributed by atoms with E-state index in [2.05, 4.69) is 79.5 Å². The Kier molecular flexibility index (Phi) is 9.06. The fourth-order valence-corrected chi connectivity index (χ4v) is 7.54. The predicted octanol–water partition coefficient (Wildman–Crippen LogP) is 3.38. The van der Waals surface area contributed by atoms with Crippen molar-refractivity contribution in [2.24, 2.45) is 0 Å². The van der Waals surface area contributed by atoms with E-state index in [1.54, 1.807) is 18.2 Å². The van der Waals surface area contributed by atoms with E-state index < -0.39 is 7.26 Å². The van der Waals surface area contributed by atoms with Crippen LogP contribution in [0.25, 0.3) is 0 Å². The summed E-state index contributed by atoms with van der Waals surface area (Å²) in [5, 5.41) is 4.90. The van der Waals surface area contributed by atoms with E-state index in [-0.39, 0.29) is 12.4 Å². The van der Waals surface area contributed by atoms with E-state index in [1.807, 2.05) is 12.1 Å². The predicted molar refractivity (Wildman–Crippen MR) is 139 cm³/mol. The molecule has 0 aliphatic heterocycles. The van der Waals surface area contributed by atoms with Crippen molar-refractivity contribution in [1.82, 2.24) is 0 Å². The van der Waals surface area contributed by atoms with Crippen LogP contribution in [0.1, 0.15) is 0 Å². The standard InChI is InChI=1S/C27H24Cl2O2P.ClH/c1-32(22-10-4-2-5-11-22,23-12-6-3-7-13-23)27-15-9-8-14-26(27)31-19-18-30-25-17-16-21(28)20-24(25)29;/h2-17,20H,18-19H2,1H3;1H/q+1;/p-1. The topological polar surface area (TPSA) is 18.5 Å². The summed E-state index contributed by atoms with van der Waals surface area (Å²) in [6, 6.07) is 34.9. The molecule has 0 saturated heterocycles. The van der Waals surface area contributed by atoms with Gasteiger partial charge in [0.25, 0.3) is 0 Å². The highest BCUT2D eigenvalue weighted by Crippen LogP contribution is 2.53. The third kappa shape index (κ3) is 5.83. The lowest BCUT2D eigenvalue weighted by Crippen LogP contribution is -3.00. The largest absolute Gasteiger partial charge is 1.00 e. The van der Waals surface area contributed by atoms with Gasteiger partial charge in [0.15, 0.2) is 5.75 Å². The Bertz CT molecular complexity index is 1130. The quantitative estimate of drug-likeness (QED) is 0.264. The van der Waals surface area contributed by atoms with Crippen LogP contribution < -0.4 is 37.8 Å². The molecular formula is C27H24Cl3O2P. The van der Waals surface area contributed by atoms with E-state index in [4.69, 9.17) is 32.7 Å². The zero-order valence-electron chi connectivity index (χ0n) is 18.1. The van der Waals surface area contributed by atoms with Crippen LogP contribution in [0.2, 0.25) is 10.0 Å². The van der Waals surface area contributed by atoms with Gasteiger partial charge < -0.3 is 21.9 Å². The van der Waals surface area contributed by atoms with E-state index in [9.17, 15) is 0 Å². The SMILES string of the molecule is C[P+](c1ccccc1)(c1ccccc1)c1ccccc1OCCOc1ccc(Cl)cc1Cl.[Cl-]. The van der Waals surface area contributed by atoms with Crippen molar-refractivity contribution < 1.29 is 21.9 Å². The highest BCUT2D eigenvalue weighted by molar-refractivity contribution is 7.95.